The van der Waals surface area contributed by atoms with E-state index in [0.29, 0.717) is 22.3 Å². The number of carbonyl (C=O) groups is 3. The molecule has 8 nitrogen and oxygen atoms in total. The van der Waals surface area contributed by atoms with Gasteiger partial charge in [0.15, 0.2) is 0 Å². The van der Waals surface area contributed by atoms with Gasteiger partial charge in [0.1, 0.15) is 17.2 Å². The second kappa shape index (κ2) is 14.9. The van der Waals surface area contributed by atoms with E-state index in [2.05, 4.69) is 0 Å². The van der Waals surface area contributed by atoms with Gasteiger partial charge in [0.25, 0.3) is 0 Å². The van der Waals surface area contributed by atoms with Gasteiger partial charge in [-0.15, -0.1) is 0 Å². The summed E-state index contributed by atoms with van der Waals surface area (Å²) in [5.74, 6) is -5.03. The van der Waals surface area contributed by atoms with Crippen LogP contribution >= 0.6 is 0 Å². The van der Waals surface area contributed by atoms with Crippen LogP contribution in [0.25, 0.3) is 0 Å². The maximum atomic E-state index is 14.2. The molecular formula is C34H30N2Na2O6. The van der Waals surface area contributed by atoms with Crippen molar-refractivity contribution in [2.24, 2.45) is 5.92 Å². The van der Waals surface area contributed by atoms with Gasteiger partial charge >= 0.3 is 65.1 Å². The van der Waals surface area contributed by atoms with Gasteiger partial charge in [0.05, 0.1) is 11.9 Å². The van der Waals surface area contributed by atoms with Crippen molar-refractivity contribution in [2.45, 2.75) is 37.2 Å². The van der Waals surface area contributed by atoms with Crippen molar-refractivity contribution in [1.29, 1.82) is 0 Å². The summed E-state index contributed by atoms with van der Waals surface area (Å²) in [6, 6.07) is 31.4. The van der Waals surface area contributed by atoms with Crippen molar-refractivity contribution in [1.82, 2.24) is 9.80 Å². The summed E-state index contributed by atoms with van der Waals surface area (Å²) in [6.07, 6.45) is 0. The first kappa shape index (κ1) is 35.5. The van der Waals surface area contributed by atoms with Crippen LogP contribution in [0.15, 0.2) is 121 Å². The third-order valence-electron chi connectivity index (χ3n) is 8.30. The first-order chi connectivity index (χ1) is 20.2. The summed E-state index contributed by atoms with van der Waals surface area (Å²) in [5.41, 5.74) is -2.80. The summed E-state index contributed by atoms with van der Waals surface area (Å²) in [6.45, 7) is 1.01. The zero-order valence-corrected chi connectivity index (χ0v) is 29.0. The van der Waals surface area contributed by atoms with E-state index in [0.717, 1.165) is 9.80 Å². The van der Waals surface area contributed by atoms with E-state index in [9.17, 15) is 29.7 Å². The predicted octanol–water partition coefficient (Wildman–Crippen LogP) is -3.69. The number of carboxylic acid groups (broad SMARTS) is 2. The fourth-order valence-electron chi connectivity index (χ4n) is 6.26. The van der Waals surface area contributed by atoms with E-state index < -0.39 is 41.1 Å². The Morgan fingerprint density at radius 1 is 0.750 bits per heavy atom. The van der Waals surface area contributed by atoms with Crippen LogP contribution in [0.4, 0.5) is 4.79 Å². The molecule has 0 aromatic heterocycles. The molecule has 0 bridgehead atoms. The largest absolute Gasteiger partial charge is 1.00 e. The summed E-state index contributed by atoms with van der Waals surface area (Å²) < 4.78 is 0. The van der Waals surface area contributed by atoms with Gasteiger partial charge in [-0.05, 0) is 22.3 Å². The van der Waals surface area contributed by atoms with E-state index in [1.165, 1.54) is 6.92 Å². The van der Waals surface area contributed by atoms with Crippen molar-refractivity contribution >= 4 is 18.0 Å². The van der Waals surface area contributed by atoms with Crippen LogP contribution in [-0.2, 0) is 28.3 Å². The summed E-state index contributed by atoms with van der Waals surface area (Å²) in [5, 5.41) is 39.3. The number of hydrogen-bond acceptors (Lipinski definition) is 6. The molecule has 0 aliphatic carbocycles. The van der Waals surface area contributed by atoms with E-state index in [4.69, 9.17) is 0 Å². The van der Waals surface area contributed by atoms with Gasteiger partial charge in [0, 0.05) is 19.0 Å². The molecule has 4 aromatic rings. The average Bonchev–Trinajstić information content (AvgIpc) is 3.26. The Labute approximate surface area is 300 Å². The Hall–Kier alpha value is -2.95. The van der Waals surface area contributed by atoms with E-state index in [1.807, 2.05) is 0 Å². The fraction of sp³-hybridized carbons (Fsp3) is 0.206. The number of carboxylic acids is 2. The monoisotopic (exact) mass is 608 g/mol. The summed E-state index contributed by atoms with van der Waals surface area (Å²) >= 11 is 0. The van der Waals surface area contributed by atoms with E-state index in [-0.39, 0.29) is 72.2 Å². The predicted molar refractivity (Wildman–Crippen MR) is 151 cm³/mol. The molecule has 214 valence electrons. The van der Waals surface area contributed by atoms with E-state index >= 15 is 0 Å². The van der Waals surface area contributed by atoms with Crippen LogP contribution in [0.2, 0.25) is 0 Å². The Bertz CT molecular complexity index is 1520. The third kappa shape index (κ3) is 6.26. The fourth-order valence-corrected chi connectivity index (χ4v) is 6.26. The summed E-state index contributed by atoms with van der Waals surface area (Å²) in [4.78, 5) is 42.9. The minimum absolute atomic E-state index is 0. The van der Waals surface area contributed by atoms with E-state index in [1.54, 1.807) is 121 Å². The first-order valence-corrected chi connectivity index (χ1v) is 13.6. The third-order valence-corrected chi connectivity index (χ3v) is 8.30. The molecule has 1 saturated heterocycles. The van der Waals surface area contributed by atoms with Crippen LogP contribution in [0.5, 0.6) is 0 Å². The molecule has 44 heavy (non-hydrogen) atoms. The zero-order chi connectivity index (χ0) is 29.9. The Balaban J connectivity index is 0.00000264. The molecule has 1 heterocycles. The second-order valence-corrected chi connectivity index (χ2v) is 10.5. The molecule has 0 saturated carbocycles. The topological polar surface area (TPSA) is 124 Å². The molecule has 2 amide bonds. The van der Waals surface area contributed by atoms with Gasteiger partial charge < -0.3 is 34.7 Å². The molecule has 5 rings (SSSR count). The molecule has 0 spiro atoms. The molecule has 1 aliphatic heterocycles. The average molecular weight is 609 g/mol. The van der Waals surface area contributed by atoms with Crippen LogP contribution in [0, 0.1) is 5.92 Å². The van der Waals surface area contributed by atoms with Crippen molar-refractivity contribution in [2.75, 3.05) is 0 Å². The molecule has 3 atom stereocenters. The van der Waals surface area contributed by atoms with Crippen LogP contribution in [-0.4, -0.2) is 44.5 Å². The Morgan fingerprint density at radius 3 is 1.52 bits per heavy atom. The van der Waals surface area contributed by atoms with Crippen LogP contribution in [0.1, 0.15) is 29.2 Å². The van der Waals surface area contributed by atoms with Crippen molar-refractivity contribution in [3.8, 4) is 0 Å². The van der Waals surface area contributed by atoms with Gasteiger partial charge in [-0.1, -0.05) is 128 Å². The first-order valence-electron chi connectivity index (χ1n) is 13.6. The number of nitrogens with zero attached hydrogens (tertiary/aromatic N) is 2. The number of carbonyl (C=O) groups excluding carboxylic acids is 3. The van der Waals surface area contributed by atoms with Gasteiger partial charge in [-0.2, -0.15) is 0 Å². The maximum Gasteiger partial charge on any atom is 1.00 e. The SMILES string of the molecule is C[C@@H](C(O)(c1ccccc1)c1ccccc1)[C@]1(C(=O)[O-])[C@@H](C(=O)[O-])N(Cc2ccccc2)C(=O)N1Cc1ccccc1.[Na+].[Na+]. The zero-order valence-electron chi connectivity index (χ0n) is 25.0. The number of amides is 2. The summed E-state index contributed by atoms with van der Waals surface area (Å²) in [7, 11) is 0. The van der Waals surface area contributed by atoms with Crippen molar-refractivity contribution < 1.29 is 88.8 Å². The molecular weight excluding hydrogens is 578 g/mol. The van der Waals surface area contributed by atoms with Crippen molar-refractivity contribution in [3.05, 3.63) is 144 Å². The Kier molecular flexibility index (Phi) is 12.0. The molecule has 1 aliphatic rings. The molecule has 1 fully saturated rings. The maximum absolute atomic E-state index is 14.2. The molecule has 0 unspecified atom stereocenters. The quantitative estimate of drug-likeness (QED) is 0.185. The second-order valence-electron chi connectivity index (χ2n) is 10.5. The van der Waals surface area contributed by atoms with Crippen molar-refractivity contribution in [3.63, 3.8) is 0 Å². The molecule has 1 N–H and O–H groups in total. The standard InChI is InChI=1S/C34H32N2O6.2Na/c1-24(34(42,27-18-10-4-11-19-27)28-20-12-5-13-21-28)33(31(39)40)29(30(37)38)35(22-25-14-6-2-7-15-25)32(41)36(33)23-26-16-8-3-9-17-26;;/h2-21,24,29,42H,22-23H2,1H3,(H,37,38)(H,39,40);;/q;2*+1/p-2/t24-,29-,33-;;/m1../s1. The molecule has 4 aromatic carbocycles. The molecule has 10 heteroatoms. The van der Waals surface area contributed by atoms with Gasteiger partial charge in [-0.3, -0.25) is 0 Å². The number of benzene rings is 4. The number of aliphatic carboxylic acids is 2. The molecule has 0 radical (unpaired) electrons. The number of hydrogen-bond donors (Lipinski definition) is 1. The number of urea groups is 1. The van der Waals surface area contributed by atoms with Crippen LogP contribution in [0.3, 0.4) is 0 Å². The van der Waals surface area contributed by atoms with Gasteiger partial charge in [0.2, 0.25) is 0 Å². The minimum Gasteiger partial charge on any atom is -0.548 e. The number of rotatable bonds is 10. The number of aliphatic hydroxyl groups is 1. The smallest absolute Gasteiger partial charge is 0.548 e. The Morgan fingerprint density at radius 2 is 1.14 bits per heavy atom. The minimum atomic E-state index is -2.57. The van der Waals surface area contributed by atoms with Crippen LogP contribution < -0.4 is 69.3 Å². The van der Waals surface area contributed by atoms with Gasteiger partial charge in [-0.25, -0.2) is 4.79 Å². The normalized spacial score (nSPS) is 18.6.